The van der Waals surface area contributed by atoms with E-state index in [4.69, 9.17) is 4.18 Å². The molecule has 1 aromatic heterocycles. The van der Waals surface area contributed by atoms with Crippen molar-refractivity contribution < 1.29 is 12.6 Å². The van der Waals surface area contributed by atoms with Gasteiger partial charge in [-0.25, -0.2) is 0 Å². The normalized spacial score (nSPS) is 23.7. The van der Waals surface area contributed by atoms with Crippen LogP contribution in [-0.4, -0.2) is 31.8 Å². The predicted molar refractivity (Wildman–Crippen MR) is 93.9 cm³/mol. The second kappa shape index (κ2) is 5.43. The summed E-state index contributed by atoms with van der Waals surface area (Å²) in [7, 11) is -3.58. The smallest absolute Gasteiger partial charge is 0.307 e. The highest BCUT2D eigenvalue weighted by Gasteiger charge is 2.36. The molecule has 0 amide bonds. The molecule has 7 heteroatoms. The van der Waals surface area contributed by atoms with Gasteiger partial charge in [0, 0.05) is 22.9 Å². The van der Waals surface area contributed by atoms with E-state index in [1.54, 1.807) is 0 Å². The van der Waals surface area contributed by atoms with Gasteiger partial charge in [-0.3, -0.25) is 0 Å². The molecule has 1 aliphatic heterocycles. The Morgan fingerprint density at radius 1 is 1.43 bits per heavy atom. The van der Waals surface area contributed by atoms with Crippen molar-refractivity contribution in [3.05, 3.63) is 29.3 Å². The molecule has 2 heterocycles. The van der Waals surface area contributed by atoms with Crippen LogP contribution in [-0.2, 0) is 22.4 Å². The number of rotatable bonds is 3. The first kappa shape index (κ1) is 15.4. The van der Waals surface area contributed by atoms with Gasteiger partial charge in [-0.2, -0.15) is 21.0 Å². The van der Waals surface area contributed by atoms with Crippen LogP contribution in [0.5, 0.6) is 5.88 Å². The van der Waals surface area contributed by atoms with Crippen LogP contribution in [0.15, 0.2) is 18.2 Å². The highest BCUT2D eigenvalue weighted by molar-refractivity contribution is 7.86. The SMILES string of the molecule is CS(=O)(=O)Oc1c2c3c(cccc3n1CS)C1CCCNC1C2. The number of nitrogens with one attached hydrogen (secondary N) is 1. The monoisotopic (exact) mass is 352 g/mol. The van der Waals surface area contributed by atoms with Crippen LogP contribution < -0.4 is 9.50 Å². The third kappa shape index (κ3) is 2.45. The molecule has 2 atom stereocenters. The summed E-state index contributed by atoms with van der Waals surface area (Å²) in [4.78, 5) is 0. The van der Waals surface area contributed by atoms with Crippen LogP contribution in [0.2, 0.25) is 0 Å². The molecule has 2 aliphatic rings. The van der Waals surface area contributed by atoms with Crippen LogP contribution in [0.4, 0.5) is 0 Å². The summed E-state index contributed by atoms with van der Waals surface area (Å²) in [6.45, 7) is 1.02. The number of hydrogen-bond acceptors (Lipinski definition) is 5. The van der Waals surface area contributed by atoms with Crippen LogP contribution >= 0.6 is 12.6 Å². The minimum absolute atomic E-state index is 0.347. The number of hydrogen-bond donors (Lipinski definition) is 2. The lowest BCUT2D eigenvalue weighted by atomic mass is 9.76. The molecule has 124 valence electrons. The Balaban J connectivity index is 1.99. The van der Waals surface area contributed by atoms with Gasteiger partial charge in [0.05, 0.1) is 17.6 Å². The summed E-state index contributed by atoms with van der Waals surface area (Å²) < 4.78 is 30.7. The lowest BCUT2D eigenvalue weighted by Crippen LogP contribution is -2.43. The first-order chi connectivity index (χ1) is 11.0. The fourth-order valence-electron chi connectivity index (χ4n) is 4.13. The van der Waals surface area contributed by atoms with Gasteiger partial charge in [0.1, 0.15) is 0 Å². The molecule has 5 nitrogen and oxygen atoms in total. The van der Waals surface area contributed by atoms with Crippen LogP contribution in [0, 0.1) is 0 Å². The van der Waals surface area contributed by atoms with Crippen LogP contribution in [0.3, 0.4) is 0 Å². The molecule has 1 fully saturated rings. The van der Waals surface area contributed by atoms with Crippen molar-refractivity contribution in [2.24, 2.45) is 0 Å². The van der Waals surface area contributed by atoms with Gasteiger partial charge in [0.2, 0.25) is 5.88 Å². The maximum atomic E-state index is 11.7. The number of thiol groups is 1. The zero-order valence-electron chi connectivity index (χ0n) is 12.9. The van der Waals surface area contributed by atoms with Gasteiger partial charge in [0.25, 0.3) is 0 Å². The number of benzene rings is 1. The van der Waals surface area contributed by atoms with E-state index in [9.17, 15) is 8.42 Å². The van der Waals surface area contributed by atoms with E-state index in [0.29, 0.717) is 23.7 Å². The minimum atomic E-state index is -3.58. The average Bonchev–Trinajstić information content (AvgIpc) is 2.80. The fourth-order valence-corrected chi connectivity index (χ4v) is 4.89. The van der Waals surface area contributed by atoms with Crippen molar-refractivity contribution in [1.82, 2.24) is 9.88 Å². The molecule has 2 unspecified atom stereocenters. The molecule has 4 rings (SSSR count). The maximum absolute atomic E-state index is 11.7. The summed E-state index contributed by atoms with van der Waals surface area (Å²) >= 11 is 4.39. The molecule has 1 aromatic carbocycles. The summed E-state index contributed by atoms with van der Waals surface area (Å²) in [6.07, 6.45) is 4.23. The third-order valence-corrected chi connectivity index (χ3v) is 5.69. The molecule has 0 radical (unpaired) electrons. The van der Waals surface area contributed by atoms with Gasteiger partial charge in [-0.15, -0.1) is 0 Å². The third-order valence-electron chi connectivity index (χ3n) is 4.95. The van der Waals surface area contributed by atoms with Gasteiger partial charge >= 0.3 is 10.1 Å². The quantitative estimate of drug-likeness (QED) is 0.657. The predicted octanol–water partition coefficient (Wildman–Crippen LogP) is 2.26. The molecule has 0 bridgehead atoms. The molecule has 1 aliphatic carbocycles. The van der Waals surface area contributed by atoms with Crippen molar-refractivity contribution in [3.63, 3.8) is 0 Å². The molecule has 1 N–H and O–H groups in total. The number of fused-ring (bicyclic) bond motifs is 2. The Labute approximate surface area is 141 Å². The Kier molecular flexibility index (Phi) is 3.62. The van der Waals surface area contributed by atoms with Gasteiger partial charge in [-0.05, 0) is 37.4 Å². The van der Waals surface area contributed by atoms with Crippen molar-refractivity contribution in [3.8, 4) is 5.88 Å². The molecule has 23 heavy (non-hydrogen) atoms. The first-order valence-electron chi connectivity index (χ1n) is 7.87. The molecule has 0 spiro atoms. The highest BCUT2D eigenvalue weighted by Crippen LogP contribution is 2.45. The van der Waals surface area contributed by atoms with E-state index < -0.39 is 10.1 Å². The van der Waals surface area contributed by atoms with E-state index in [-0.39, 0.29) is 0 Å². The molecule has 0 saturated carbocycles. The van der Waals surface area contributed by atoms with Crippen molar-refractivity contribution in [2.45, 2.75) is 37.1 Å². The largest absolute Gasteiger partial charge is 0.363 e. The van der Waals surface area contributed by atoms with E-state index in [2.05, 4.69) is 24.0 Å². The number of nitrogens with zero attached hydrogens (tertiary/aromatic N) is 1. The second-order valence-corrected chi connectivity index (χ2v) is 8.25. The van der Waals surface area contributed by atoms with Crippen molar-refractivity contribution in [1.29, 1.82) is 0 Å². The second-order valence-electron chi connectivity index (χ2n) is 6.40. The van der Waals surface area contributed by atoms with Gasteiger partial charge < -0.3 is 14.1 Å². The minimum Gasteiger partial charge on any atom is -0.363 e. The summed E-state index contributed by atoms with van der Waals surface area (Å²) in [5.74, 6) is 1.30. The van der Waals surface area contributed by atoms with Crippen LogP contribution in [0.1, 0.15) is 29.9 Å². The van der Waals surface area contributed by atoms with Crippen LogP contribution in [0.25, 0.3) is 10.9 Å². The first-order valence-corrected chi connectivity index (χ1v) is 10.3. The van der Waals surface area contributed by atoms with Gasteiger partial charge in [-0.1, -0.05) is 12.1 Å². The Bertz CT molecular complexity index is 873. The van der Waals surface area contributed by atoms with Crippen molar-refractivity contribution in [2.75, 3.05) is 12.8 Å². The van der Waals surface area contributed by atoms with E-state index in [1.807, 2.05) is 16.7 Å². The zero-order valence-corrected chi connectivity index (χ0v) is 14.7. The molecule has 2 aromatic rings. The fraction of sp³-hybridized carbons (Fsp3) is 0.500. The lowest BCUT2D eigenvalue weighted by Gasteiger charge is -2.36. The summed E-state index contributed by atoms with van der Waals surface area (Å²) in [6, 6.07) is 6.58. The summed E-state index contributed by atoms with van der Waals surface area (Å²) in [5, 5.41) is 4.75. The molecular weight excluding hydrogens is 332 g/mol. The maximum Gasteiger partial charge on any atom is 0.307 e. The highest BCUT2D eigenvalue weighted by atomic mass is 32.2. The zero-order chi connectivity index (χ0) is 16.2. The molecule has 1 saturated heterocycles. The number of piperidine rings is 1. The standard InChI is InChI=1S/C16H20N2O3S2/c1-23(19,20)21-16-12-8-13-10(5-3-7-17-13)11-4-2-6-14(15(11)12)18(16)9-22/h2,4,6,10,13,17,22H,3,5,7-9H2,1H3. The molecular formula is C16H20N2O3S2. The lowest BCUT2D eigenvalue weighted by molar-refractivity contribution is 0.342. The topological polar surface area (TPSA) is 60.3 Å². The van der Waals surface area contributed by atoms with E-state index in [0.717, 1.165) is 35.7 Å². The summed E-state index contributed by atoms with van der Waals surface area (Å²) in [5.41, 5.74) is 3.31. The Morgan fingerprint density at radius 3 is 3.00 bits per heavy atom. The Hall–Kier alpha value is -1.18. The number of aromatic nitrogens is 1. The van der Waals surface area contributed by atoms with Crippen molar-refractivity contribution >= 4 is 33.6 Å². The van der Waals surface area contributed by atoms with E-state index >= 15 is 0 Å². The van der Waals surface area contributed by atoms with E-state index in [1.165, 1.54) is 18.4 Å². The van der Waals surface area contributed by atoms with Gasteiger partial charge in [0.15, 0.2) is 0 Å². The Morgan fingerprint density at radius 2 is 2.26 bits per heavy atom. The average molecular weight is 352 g/mol.